The van der Waals surface area contributed by atoms with Gasteiger partial charge >= 0.3 is 0 Å². The molecule has 0 heterocycles. The summed E-state index contributed by atoms with van der Waals surface area (Å²) in [5, 5.41) is 11.4. The number of nitrogen functional groups attached to an aromatic ring is 1. The first-order chi connectivity index (χ1) is 11.1. The molecule has 0 aliphatic heterocycles. The summed E-state index contributed by atoms with van der Waals surface area (Å²) in [6.07, 6.45) is 3.58. The molecule has 0 saturated carbocycles. The van der Waals surface area contributed by atoms with Gasteiger partial charge in [-0.05, 0) is 41.5 Å². The van der Waals surface area contributed by atoms with E-state index in [1.54, 1.807) is 42.6 Å². The molecule has 0 unspecified atom stereocenters. The molecule has 0 aliphatic rings. The molecule has 0 aromatic heterocycles. The van der Waals surface area contributed by atoms with Crippen LogP contribution < -0.4 is 15.8 Å². The number of nitrogens with one attached hydrogen (secondary N) is 1. The fourth-order valence-electron chi connectivity index (χ4n) is 2.00. The largest absolute Gasteiger partial charge is 0.495 e. The molecule has 5 heteroatoms. The maximum absolute atomic E-state index is 11.9. The number of nitrogens with zero attached hydrogens (tertiary/aromatic N) is 1. The van der Waals surface area contributed by atoms with Crippen molar-refractivity contribution in [1.29, 1.82) is 5.26 Å². The second-order valence-corrected chi connectivity index (χ2v) is 4.89. The van der Waals surface area contributed by atoms with Gasteiger partial charge in [-0.15, -0.1) is 0 Å². The Bertz CT molecular complexity index is 759. The average Bonchev–Trinajstić information content (AvgIpc) is 2.57. The number of ether oxygens (including phenoxy) is 1. The van der Waals surface area contributed by atoms with Gasteiger partial charge in [-0.2, -0.15) is 5.26 Å². The van der Waals surface area contributed by atoms with Crippen LogP contribution in [0, 0.1) is 11.3 Å². The third-order valence-electron chi connectivity index (χ3n) is 3.22. The predicted octanol–water partition coefficient (Wildman–Crippen LogP) is 2.48. The quantitative estimate of drug-likeness (QED) is 0.831. The van der Waals surface area contributed by atoms with Crippen LogP contribution >= 0.6 is 0 Å². The Balaban J connectivity index is 1.92. The maximum Gasteiger partial charge on any atom is 0.228 e. The maximum atomic E-state index is 11.9. The number of nitrogens with two attached hydrogens (primary N) is 1. The second-order valence-electron chi connectivity index (χ2n) is 4.89. The molecule has 3 N–H and O–H groups in total. The van der Waals surface area contributed by atoms with Crippen molar-refractivity contribution in [3.05, 3.63) is 65.4 Å². The molecule has 5 nitrogen and oxygen atoms in total. The van der Waals surface area contributed by atoms with E-state index in [0.29, 0.717) is 17.0 Å². The number of methoxy groups -OCH3 is 1. The van der Waals surface area contributed by atoms with Crippen LogP contribution in [0.3, 0.4) is 0 Å². The standard InChI is InChI=1S/C18H17N3O2/c1-23-17-10-15(6-7-16(17)20)11-18(22)21-9-8-13-2-4-14(12-19)5-3-13/h2-10H,11,20H2,1H3,(H,21,22)/b9-8+. The second kappa shape index (κ2) is 7.66. The topological polar surface area (TPSA) is 88.1 Å². The molecule has 2 aromatic rings. The third kappa shape index (κ3) is 4.61. The van der Waals surface area contributed by atoms with Crippen molar-refractivity contribution in [2.45, 2.75) is 6.42 Å². The highest BCUT2D eigenvalue weighted by atomic mass is 16.5. The van der Waals surface area contributed by atoms with Crippen LogP contribution in [0.25, 0.3) is 6.08 Å². The fraction of sp³-hybridized carbons (Fsp3) is 0.111. The molecule has 0 radical (unpaired) electrons. The number of amides is 1. The van der Waals surface area contributed by atoms with E-state index >= 15 is 0 Å². The zero-order valence-electron chi connectivity index (χ0n) is 12.7. The number of rotatable bonds is 5. The number of anilines is 1. The highest BCUT2D eigenvalue weighted by Gasteiger charge is 2.05. The van der Waals surface area contributed by atoms with Gasteiger partial charge in [0.05, 0.1) is 30.9 Å². The summed E-state index contributed by atoms with van der Waals surface area (Å²) in [5.41, 5.74) is 8.60. The van der Waals surface area contributed by atoms with Crippen molar-refractivity contribution in [3.8, 4) is 11.8 Å². The van der Waals surface area contributed by atoms with E-state index in [2.05, 4.69) is 11.4 Å². The lowest BCUT2D eigenvalue weighted by Gasteiger charge is -2.07. The molecule has 0 atom stereocenters. The van der Waals surface area contributed by atoms with Crippen LogP contribution in [-0.4, -0.2) is 13.0 Å². The smallest absolute Gasteiger partial charge is 0.228 e. The highest BCUT2D eigenvalue weighted by molar-refractivity contribution is 5.80. The Hall–Kier alpha value is -3.26. The van der Waals surface area contributed by atoms with Gasteiger partial charge in [-0.1, -0.05) is 18.2 Å². The molecule has 116 valence electrons. The minimum Gasteiger partial charge on any atom is -0.495 e. The summed E-state index contributed by atoms with van der Waals surface area (Å²) in [7, 11) is 1.54. The molecular formula is C18H17N3O2. The molecule has 0 saturated heterocycles. The third-order valence-corrected chi connectivity index (χ3v) is 3.22. The molecule has 0 bridgehead atoms. The van der Waals surface area contributed by atoms with Gasteiger partial charge in [0, 0.05) is 6.20 Å². The van der Waals surface area contributed by atoms with Crippen molar-refractivity contribution in [2.75, 3.05) is 12.8 Å². The molecule has 0 fully saturated rings. The SMILES string of the molecule is COc1cc(CC(=O)N/C=C/c2ccc(C#N)cc2)ccc1N. The molecule has 2 rings (SSSR count). The van der Waals surface area contributed by atoms with Crippen LogP contribution in [0.1, 0.15) is 16.7 Å². The van der Waals surface area contributed by atoms with E-state index in [1.807, 2.05) is 12.1 Å². The van der Waals surface area contributed by atoms with E-state index in [-0.39, 0.29) is 12.3 Å². The number of hydrogen-bond acceptors (Lipinski definition) is 4. The summed E-state index contributed by atoms with van der Waals surface area (Å²) < 4.78 is 5.13. The van der Waals surface area contributed by atoms with Crippen molar-refractivity contribution < 1.29 is 9.53 Å². The van der Waals surface area contributed by atoms with E-state index in [0.717, 1.165) is 11.1 Å². The summed E-state index contributed by atoms with van der Waals surface area (Å²) in [6.45, 7) is 0. The monoisotopic (exact) mass is 307 g/mol. The summed E-state index contributed by atoms with van der Waals surface area (Å²) >= 11 is 0. The van der Waals surface area contributed by atoms with Crippen LogP contribution in [0.4, 0.5) is 5.69 Å². The van der Waals surface area contributed by atoms with Crippen molar-refractivity contribution >= 4 is 17.7 Å². The van der Waals surface area contributed by atoms with Gasteiger partial charge in [0.1, 0.15) is 5.75 Å². The number of carbonyl (C=O) groups excluding carboxylic acids is 1. The van der Waals surface area contributed by atoms with Gasteiger partial charge in [0.25, 0.3) is 0 Å². The summed E-state index contributed by atoms with van der Waals surface area (Å²) in [5.74, 6) is 0.421. The Labute approximate surface area is 135 Å². The molecule has 2 aromatic carbocycles. The molecule has 1 amide bonds. The summed E-state index contributed by atoms with van der Waals surface area (Å²) in [6, 6.07) is 14.4. The van der Waals surface area contributed by atoms with Crippen LogP contribution in [-0.2, 0) is 11.2 Å². The fourth-order valence-corrected chi connectivity index (χ4v) is 2.00. The van der Waals surface area contributed by atoms with Crippen molar-refractivity contribution in [3.63, 3.8) is 0 Å². The molecule has 0 aliphatic carbocycles. The minimum absolute atomic E-state index is 0.137. The lowest BCUT2D eigenvalue weighted by atomic mass is 10.1. The van der Waals surface area contributed by atoms with Gasteiger partial charge in [-0.3, -0.25) is 4.79 Å². The van der Waals surface area contributed by atoms with Crippen LogP contribution in [0.2, 0.25) is 0 Å². The predicted molar refractivity (Wildman–Crippen MR) is 89.4 cm³/mol. The molecular weight excluding hydrogens is 290 g/mol. The van der Waals surface area contributed by atoms with Gasteiger partial charge in [-0.25, -0.2) is 0 Å². The van der Waals surface area contributed by atoms with E-state index < -0.39 is 0 Å². The van der Waals surface area contributed by atoms with Gasteiger partial charge in [0.2, 0.25) is 5.91 Å². The Morgan fingerprint density at radius 1 is 1.30 bits per heavy atom. The first kappa shape index (κ1) is 16.1. The first-order valence-electron chi connectivity index (χ1n) is 7.01. The van der Waals surface area contributed by atoms with Gasteiger partial charge < -0.3 is 15.8 Å². The van der Waals surface area contributed by atoms with Crippen molar-refractivity contribution in [1.82, 2.24) is 5.32 Å². The number of hydrogen-bond donors (Lipinski definition) is 2. The summed E-state index contributed by atoms with van der Waals surface area (Å²) in [4.78, 5) is 11.9. The minimum atomic E-state index is -0.137. The zero-order chi connectivity index (χ0) is 16.7. The van der Waals surface area contributed by atoms with E-state index in [4.69, 9.17) is 15.7 Å². The van der Waals surface area contributed by atoms with Crippen molar-refractivity contribution in [2.24, 2.45) is 0 Å². The highest BCUT2D eigenvalue weighted by Crippen LogP contribution is 2.22. The van der Waals surface area contributed by atoms with Crippen LogP contribution in [0.15, 0.2) is 48.7 Å². The van der Waals surface area contributed by atoms with E-state index in [9.17, 15) is 4.79 Å². The number of benzene rings is 2. The first-order valence-corrected chi connectivity index (χ1v) is 7.01. The van der Waals surface area contributed by atoms with E-state index in [1.165, 1.54) is 7.11 Å². The molecule has 0 spiro atoms. The number of nitriles is 1. The zero-order valence-corrected chi connectivity index (χ0v) is 12.7. The Kier molecular flexibility index (Phi) is 5.37. The lowest BCUT2D eigenvalue weighted by molar-refractivity contribution is -0.119. The van der Waals surface area contributed by atoms with Crippen LogP contribution in [0.5, 0.6) is 5.75 Å². The lowest BCUT2D eigenvalue weighted by Crippen LogP contribution is -2.19. The average molecular weight is 307 g/mol. The van der Waals surface area contributed by atoms with Gasteiger partial charge in [0.15, 0.2) is 0 Å². The normalized spacial score (nSPS) is 10.3. The number of carbonyl (C=O) groups is 1. The molecule has 23 heavy (non-hydrogen) atoms. The Morgan fingerprint density at radius 3 is 2.70 bits per heavy atom. The Morgan fingerprint density at radius 2 is 2.04 bits per heavy atom.